The standard InChI is InChI=1S/C108H144O6S6/c1-7-13-19-25-31-37-43-55-67-110-86-73-83-80(72-79(86)78-109-66-54-42-36-30-24-18-12-6)97-103(100(83)106-115-91-60-48-49-61-92(91)116-106)98-82-75-88(112-69-57-45-39-33-27-21-15-9-3)90(114-71-59-47-41-35-29-23-17-11-5)77-85(82)102(108-119-95-64-52-53-65-96(95)120-108)105(98)99-81-74-87(111-68-56-44-38-32-26-20-14-8-2)89(113-70-58-46-40-34-28-22-16-10-4)76-84(81)101(104(97)99)107-117-93-62-50-51-63-94(93)118-107/h48-53,60-65,72-77H,7-47,54-59,66-71,78H2,1-6H3. The molecule has 7 aromatic carbocycles. The zero-order valence-corrected chi connectivity index (χ0v) is 79.4. The summed E-state index contributed by atoms with van der Waals surface area (Å²) in [4.78, 5) is 7.82. The van der Waals surface area contributed by atoms with Crippen LogP contribution in [0.4, 0.5) is 0 Å². The molecule has 0 fully saturated rings. The number of hydrogen-bond donors (Lipinski definition) is 0. The van der Waals surface area contributed by atoms with Crippen molar-refractivity contribution in [3.05, 3.63) is 161 Å². The van der Waals surface area contributed by atoms with Crippen molar-refractivity contribution in [3.63, 3.8) is 0 Å². The van der Waals surface area contributed by atoms with Gasteiger partial charge >= 0.3 is 0 Å². The smallest absolute Gasteiger partial charge is 0.161 e. The molecule has 7 aromatic rings. The molecule has 648 valence electrons. The number of hydrogen-bond acceptors (Lipinski definition) is 12. The maximum Gasteiger partial charge on any atom is 0.161 e. The highest BCUT2D eigenvalue weighted by atomic mass is 32.2. The van der Waals surface area contributed by atoms with Gasteiger partial charge in [-0.1, -0.05) is 412 Å². The molecule has 0 saturated heterocycles. The van der Waals surface area contributed by atoms with E-state index in [0.717, 1.165) is 112 Å². The van der Waals surface area contributed by atoms with Gasteiger partial charge in [0.15, 0.2) is 23.0 Å². The van der Waals surface area contributed by atoms with E-state index in [0.29, 0.717) is 39.6 Å². The van der Waals surface area contributed by atoms with Gasteiger partial charge in [0.2, 0.25) is 0 Å². The second kappa shape index (κ2) is 50.8. The van der Waals surface area contributed by atoms with E-state index in [2.05, 4.69) is 151 Å². The highest BCUT2D eigenvalue weighted by Gasteiger charge is 2.48. The largest absolute Gasteiger partial charge is 0.493 e. The number of thioether (sulfide) groups is 6. The molecule has 3 heterocycles. The van der Waals surface area contributed by atoms with Crippen LogP contribution < -0.4 is 23.7 Å². The van der Waals surface area contributed by atoms with E-state index in [4.69, 9.17) is 28.4 Å². The topological polar surface area (TPSA) is 55.4 Å². The summed E-state index contributed by atoms with van der Waals surface area (Å²) < 4.78 is 48.0. The molecule has 0 radical (unpaired) electrons. The Balaban J connectivity index is 1.05. The van der Waals surface area contributed by atoms with Gasteiger partial charge in [0.25, 0.3) is 0 Å². The summed E-state index contributed by atoms with van der Waals surface area (Å²) in [6, 6.07) is 42.4. The van der Waals surface area contributed by atoms with Gasteiger partial charge in [0.05, 0.1) is 52.4 Å². The zero-order valence-electron chi connectivity index (χ0n) is 74.5. The quantitative estimate of drug-likeness (QED) is 0.0341. The van der Waals surface area contributed by atoms with Crippen LogP contribution in [-0.2, 0) is 11.3 Å². The van der Waals surface area contributed by atoms with Crippen LogP contribution in [0, 0.1) is 0 Å². The van der Waals surface area contributed by atoms with E-state index < -0.39 is 0 Å². The fourth-order valence-electron chi connectivity index (χ4n) is 18.3. The minimum Gasteiger partial charge on any atom is -0.493 e. The molecule has 0 bridgehead atoms. The van der Waals surface area contributed by atoms with E-state index in [1.165, 1.54) is 357 Å². The van der Waals surface area contributed by atoms with E-state index >= 15 is 0 Å². The van der Waals surface area contributed by atoms with Crippen LogP contribution in [-0.4, -0.2) is 39.6 Å². The number of benzene rings is 7. The van der Waals surface area contributed by atoms with Gasteiger partial charge in [0, 0.05) is 75.0 Å². The van der Waals surface area contributed by atoms with E-state index in [1.54, 1.807) is 0 Å². The highest BCUT2D eigenvalue weighted by molar-refractivity contribution is 8.25. The molecule has 13 rings (SSSR count). The lowest BCUT2D eigenvalue weighted by atomic mass is 9.84. The third-order valence-electron chi connectivity index (χ3n) is 25.0. The van der Waals surface area contributed by atoms with Crippen LogP contribution in [0.3, 0.4) is 0 Å². The summed E-state index contributed by atoms with van der Waals surface area (Å²) in [6.07, 6.45) is 58.3. The number of rotatable bonds is 60. The molecule has 3 aliphatic carbocycles. The number of fused-ring (bicyclic) bond motifs is 15. The molecule has 6 aliphatic rings. The van der Waals surface area contributed by atoms with Gasteiger partial charge in [-0.15, -0.1) is 0 Å². The van der Waals surface area contributed by atoms with Crippen molar-refractivity contribution < 1.29 is 28.4 Å². The first-order valence-electron chi connectivity index (χ1n) is 48.5. The maximum absolute atomic E-state index is 7.42. The molecule has 120 heavy (non-hydrogen) atoms. The Morgan fingerprint density at radius 3 is 0.650 bits per heavy atom. The molecule has 12 heteroatoms. The lowest BCUT2D eigenvalue weighted by Crippen LogP contribution is -2.04. The molecule has 6 nitrogen and oxygen atoms in total. The number of unbranched alkanes of at least 4 members (excludes halogenated alkanes) is 41. The molecule has 0 atom stereocenters. The maximum atomic E-state index is 7.42. The lowest BCUT2D eigenvalue weighted by Gasteiger charge is -2.20. The van der Waals surface area contributed by atoms with Crippen molar-refractivity contribution in [1.82, 2.24) is 0 Å². The van der Waals surface area contributed by atoms with Gasteiger partial charge in [-0.3, -0.25) is 0 Å². The Hall–Kier alpha value is -5.18. The lowest BCUT2D eigenvalue weighted by molar-refractivity contribution is 0.114. The molecule has 0 N–H and O–H groups in total. The predicted octanol–water partition coefficient (Wildman–Crippen LogP) is 36.3. The molecule has 0 unspecified atom stereocenters. The van der Waals surface area contributed by atoms with Gasteiger partial charge in [-0.05, 0) is 161 Å². The van der Waals surface area contributed by atoms with Crippen LogP contribution in [0.2, 0.25) is 0 Å². The van der Waals surface area contributed by atoms with Crippen molar-refractivity contribution in [2.75, 3.05) is 39.6 Å². The van der Waals surface area contributed by atoms with Crippen molar-refractivity contribution in [1.29, 1.82) is 0 Å². The summed E-state index contributed by atoms with van der Waals surface area (Å²) in [5.41, 5.74) is 20.1. The fourth-order valence-corrected chi connectivity index (χ4v) is 26.1. The normalized spacial score (nSPS) is 13.8. The van der Waals surface area contributed by atoms with Gasteiger partial charge in [-0.2, -0.15) is 0 Å². The predicted molar refractivity (Wildman–Crippen MR) is 523 cm³/mol. The summed E-state index contributed by atoms with van der Waals surface area (Å²) >= 11 is 11.7. The Labute approximate surface area is 751 Å². The van der Waals surface area contributed by atoms with Gasteiger partial charge in [-0.25, -0.2) is 0 Å². The Bertz CT molecular complexity index is 3940. The molecule has 0 spiro atoms. The molecule has 0 amide bonds. The second-order valence-electron chi connectivity index (χ2n) is 34.7. The van der Waals surface area contributed by atoms with Crippen molar-refractivity contribution in [3.8, 4) is 62.1 Å². The molecule has 0 aromatic heterocycles. The van der Waals surface area contributed by atoms with E-state index in [9.17, 15) is 0 Å². The van der Waals surface area contributed by atoms with Crippen LogP contribution in [0.5, 0.6) is 28.7 Å². The first kappa shape index (κ1) is 92.5. The summed E-state index contributed by atoms with van der Waals surface area (Å²) in [5.74, 6) is 4.37. The minimum absolute atomic E-state index is 0.475. The monoisotopic (exact) mass is 1730 g/mol. The van der Waals surface area contributed by atoms with Gasteiger partial charge in [0.1, 0.15) is 5.75 Å². The molecular formula is C108H144O6S6. The average Bonchev–Trinajstić information content (AvgIpc) is 1.50. The first-order valence-corrected chi connectivity index (χ1v) is 53.4. The third-order valence-corrected chi connectivity index (χ3v) is 32.7. The average molecular weight is 1730 g/mol. The number of ether oxygens (including phenoxy) is 6. The molecular weight excluding hydrogens is 1590 g/mol. The fraction of sp³-hybridized carbons (Fsp3) is 0.556. The van der Waals surface area contributed by atoms with Crippen molar-refractivity contribution in [2.24, 2.45) is 0 Å². The van der Waals surface area contributed by atoms with Crippen molar-refractivity contribution in [2.45, 2.75) is 379 Å². The zero-order chi connectivity index (χ0) is 82.7. The minimum atomic E-state index is 0.475. The van der Waals surface area contributed by atoms with Crippen LogP contribution in [0.15, 0.2) is 151 Å². The molecule has 3 aliphatic heterocycles. The van der Waals surface area contributed by atoms with Crippen LogP contribution in [0.25, 0.3) is 50.1 Å². The van der Waals surface area contributed by atoms with E-state index in [-0.39, 0.29) is 0 Å². The van der Waals surface area contributed by atoms with E-state index in [1.807, 2.05) is 70.6 Å². The van der Waals surface area contributed by atoms with Crippen molar-refractivity contribution >= 4 is 87.3 Å². The highest BCUT2D eigenvalue weighted by Crippen LogP contribution is 2.72. The van der Waals surface area contributed by atoms with Crippen LogP contribution >= 0.6 is 70.6 Å². The summed E-state index contributed by atoms with van der Waals surface area (Å²) in [7, 11) is 0. The Morgan fingerprint density at radius 2 is 0.400 bits per heavy atom. The summed E-state index contributed by atoms with van der Waals surface area (Å²) in [5, 5.41) is 0. The SMILES string of the molecule is CCCCCCCCCCOc1cc2c(cc1COCCCCCCCCC)-c1c3c(c4c(c1C2=C1Sc2ccccc2S1)-c1cc(OCCCCCCCCCC)c(OCCCCCCCCCC)cc1C4=C1Sc2ccccc2S1)-c1cc(OCCCCCCCCCC)c(OCCCCCCCCCC)cc1C3=C1Sc2ccccc2S1. The van der Waals surface area contributed by atoms with Crippen LogP contribution in [0.1, 0.15) is 382 Å². The Morgan fingerprint density at radius 1 is 0.200 bits per heavy atom. The Kier molecular flexibility index (Phi) is 39.2. The first-order chi connectivity index (χ1) is 59.4. The molecule has 0 saturated carbocycles. The third kappa shape index (κ3) is 24.9. The second-order valence-corrected chi connectivity index (χ2v) is 41.8. The summed E-state index contributed by atoms with van der Waals surface area (Å²) in [6.45, 7) is 18.3. The van der Waals surface area contributed by atoms with Gasteiger partial charge < -0.3 is 28.4 Å².